The number of ketones is 1. The first kappa shape index (κ1) is 15.2. The van der Waals surface area contributed by atoms with Crippen LogP contribution < -0.4 is 0 Å². The van der Waals surface area contributed by atoms with Gasteiger partial charge in [-0.3, -0.25) is 14.9 Å². The third-order valence-electron chi connectivity index (χ3n) is 3.00. The van der Waals surface area contributed by atoms with Gasteiger partial charge in [-0.25, -0.2) is 0 Å². The number of benzene rings is 1. The van der Waals surface area contributed by atoms with Crippen LogP contribution in [0.5, 0.6) is 0 Å². The van der Waals surface area contributed by atoms with Crippen molar-refractivity contribution in [3.8, 4) is 0 Å². The number of aryl methyl sites for hydroxylation is 1. The molecule has 0 aliphatic carbocycles. The van der Waals surface area contributed by atoms with E-state index < -0.39 is 4.92 Å². The van der Waals surface area contributed by atoms with Crippen molar-refractivity contribution in [2.45, 2.75) is 30.3 Å². The van der Waals surface area contributed by atoms with E-state index in [1.165, 1.54) is 13.0 Å². The zero-order valence-corrected chi connectivity index (χ0v) is 12.7. The van der Waals surface area contributed by atoms with Crippen LogP contribution in [0.15, 0.2) is 28.3 Å². The minimum atomic E-state index is -0.494. The lowest BCUT2D eigenvalue weighted by molar-refractivity contribution is -0.387. The number of rotatable bonds is 5. The summed E-state index contributed by atoms with van der Waals surface area (Å²) in [7, 11) is 1.82. The number of hydrogen-bond acceptors (Lipinski definition) is 6. The van der Waals surface area contributed by atoms with Crippen LogP contribution in [0.1, 0.15) is 30.0 Å². The zero-order valence-electron chi connectivity index (χ0n) is 11.9. The van der Waals surface area contributed by atoms with Crippen molar-refractivity contribution in [3.05, 3.63) is 39.7 Å². The highest BCUT2D eigenvalue weighted by molar-refractivity contribution is 7.99. The fourth-order valence-electron chi connectivity index (χ4n) is 1.81. The van der Waals surface area contributed by atoms with Gasteiger partial charge in [0.05, 0.1) is 9.82 Å². The molecule has 0 saturated carbocycles. The Bertz CT molecular complexity index is 711. The number of nitro benzene ring substituents is 1. The second-order valence-electron chi connectivity index (χ2n) is 4.41. The molecule has 0 radical (unpaired) electrons. The number of aromatic nitrogens is 3. The van der Waals surface area contributed by atoms with Crippen molar-refractivity contribution < 1.29 is 9.72 Å². The molecule has 1 aromatic carbocycles. The minimum Gasteiger partial charge on any atom is -0.309 e. The van der Waals surface area contributed by atoms with Crippen LogP contribution >= 0.6 is 11.8 Å². The summed E-state index contributed by atoms with van der Waals surface area (Å²) in [4.78, 5) is 22.4. The molecule has 1 heterocycles. The minimum absolute atomic E-state index is 0.103. The summed E-state index contributed by atoms with van der Waals surface area (Å²) in [6.07, 6.45) is 0.732. The molecular weight excluding hydrogens is 292 g/mol. The molecule has 8 heteroatoms. The Balaban J connectivity index is 2.41. The molecule has 0 unspecified atom stereocenters. The average molecular weight is 306 g/mol. The van der Waals surface area contributed by atoms with Gasteiger partial charge < -0.3 is 4.57 Å². The Morgan fingerprint density at radius 2 is 2.14 bits per heavy atom. The predicted molar refractivity (Wildman–Crippen MR) is 77.6 cm³/mol. The smallest absolute Gasteiger partial charge is 0.284 e. The summed E-state index contributed by atoms with van der Waals surface area (Å²) in [5.74, 6) is 0.599. The topological polar surface area (TPSA) is 90.9 Å². The SMILES string of the molecule is CCc1nnc(Sc2ccc(C(C)=O)cc2[N+](=O)[O-])n1C. The van der Waals surface area contributed by atoms with Crippen molar-refractivity contribution in [2.24, 2.45) is 7.05 Å². The second-order valence-corrected chi connectivity index (χ2v) is 5.42. The molecule has 0 fully saturated rings. The van der Waals surface area contributed by atoms with E-state index in [0.29, 0.717) is 15.6 Å². The standard InChI is InChI=1S/C13H14N4O3S/c1-4-12-14-15-13(16(12)3)21-11-6-5-9(8(2)18)7-10(11)17(19)20/h5-7H,4H2,1-3H3. The molecule has 0 aliphatic heterocycles. The van der Waals surface area contributed by atoms with Crippen molar-refractivity contribution in [3.63, 3.8) is 0 Å². The van der Waals surface area contributed by atoms with Crippen LogP contribution in [0.4, 0.5) is 5.69 Å². The molecule has 2 rings (SSSR count). The predicted octanol–water partition coefficient (Wildman–Crippen LogP) is 2.64. The quantitative estimate of drug-likeness (QED) is 0.479. The first-order valence-electron chi connectivity index (χ1n) is 6.29. The van der Waals surface area contributed by atoms with E-state index in [9.17, 15) is 14.9 Å². The number of carbonyl (C=O) groups excluding carboxylic acids is 1. The summed E-state index contributed by atoms with van der Waals surface area (Å²) < 4.78 is 1.80. The van der Waals surface area contributed by atoms with Gasteiger partial charge in [-0.05, 0) is 30.8 Å². The number of hydrogen-bond donors (Lipinski definition) is 0. The van der Waals surface area contributed by atoms with E-state index in [4.69, 9.17) is 0 Å². The second kappa shape index (κ2) is 6.04. The van der Waals surface area contributed by atoms with Crippen LogP contribution in [0, 0.1) is 10.1 Å². The van der Waals surface area contributed by atoms with E-state index in [1.807, 2.05) is 14.0 Å². The van der Waals surface area contributed by atoms with Crippen molar-refractivity contribution in [1.29, 1.82) is 0 Å². The van der Waals surface area contributed by atoms with Gasteiger partial charge in [-0.1, -0.05) is 6.92 Å². The Kier molecular flexibility index (Phi) is 4.37. The molecule has 0 amide bonds. The van der Waals surface area contributed by atoms with Gasteiger partial charge in [-0.2, -0.15) is 0 Å². The fourth-order valence-corrected chi connectivity index (χ4v) is 2.70. The molecular formula is C13H14N4O3S. The molecule has 110 valence electrons. The summed E-state index contributed by atoms with van der Waals surface area (Å²) in [6, 6.07) is 4.44. The zero-order chi connectivity index (χ0) is 15.6. The van der Waals surface area contributed by atoms with Crippen LogP contribution in [-0.4, -0.2) is 25.5 Å². The summed E-state index contributed by atoms with van der Waals surface area (Å²) in [6.45, 7) is 3.34. The van der Waals surface area contributed by atoms with E-state index in [0.717, 1.165) is 24.0 Å². The van der Waals surface area contributed by atoms with Gasteiger partial charge in [0, 0.05) is 25.1 Å². The maximum absolute atomic E-state index is 11.3. The van der Waals surface area contributed by atoms with Crippen LogP contribution in [-0.2, 0) is 13.5 Å². The largest absolute Gasteiger partial charge is 0.309 e. The fraction of sp³-hybridized carbons (Fsp3) is 0.308. The molecule has 2 aromatic rings. The average Bonchev–Trinajstić information content (AvgIpc) is 2.79. The lowest BCUT2D eigenvalue weighted by atomic mass is 10.1. The van der Waals surface area contributed by atoms with E-state index in [2.05, 4.69) is 10.2 Å². The Labute approximate surface area is 125 Å². The molecule has 7 nitrogen and oxygen atoms in total. The maximum atomic E-state index is 11.3. The first-order chi connectivity index (χ1) is 9.93. The highest BCUT2D eigenvalue weighted by atomic mass is 32.2. The maximum Gasteiger partial charge on any atom is 0.284 e. The lowest BCUT2D eigenvalue weighted by Crippen LogP contribution is -1.99. The molecule has 0 spiro atoms. The Hall–Kier alpha value is -2.22. The normalized spacial score (nSPS) is 10.6. The van der Waals surface area contributed by atoms with Gasteiger partial charge in [0.2, 0.25) is 0 Å². The van der Waals surface area contributed by atoms with Crippen LogP contribution in [0.2, 0.25) is 0 Å². The molecule has 21 heavy (non-hydrogen) atoms. The highest BCUT2D eigenvalue weighted by Gasteiger charge is 2.19. The number of nitro groups is 1. The monoisotopic (exact) mass is 306 g/mol. The van der Waals surface area contributed by atoms with Gasteiger partial charge >= 0.3 is 0 Å². The third kappa shape index (κ3) is 3.10. The van der Waals surface area contributed by atoms with Crippen LogP contribution in [0.25, 0.3) is 0 Å². The highest BCUT2D eigenvalue weighted by Crippen LogP contribution is 2.34. The molecule has 0 saturated heterocycles. The molecule has 1 aromatic heterocycles. The first-order valence-corrected chi connectivity index (χ1v) is 7.11. The number of carbonyl (C=O) groups is 1. The van der Waals surface area contributed by atoms with Crippen molar-refractivity contribution in [1.82, 2.24) is 14.8 Å². The molecule has 0 aliphatic rings. The van der Waals surface area contributed by atoms with Crippen molar-refractivity contribution in [2.75, 3.05) is 0 Å². The lowest BCUT2D eigenvalue weighted by Gasteiger charge is -2.04. The summed E-state index contributed by atoms with van der Waals surface area (Å²) >= 11 is 1.16. The van der Waals surface area contributed by atoms with Crippen molar-refractivity contribution >= 4 is 23.2 Å². The summed E-state index contributed by atoms with van der Waals surface area (Å²) in [5, 5.41) is 19.8. The van der Waals surface area contributed by atoms with Gasteiger partial charge in [0.15, 0.2) is 10.9 Å². The van der Waals surface area contributed by atoms with E-state index in [-0.39, 0.29) is 11.5 Å². The van der Waals surface area contributed by atoms with Gasteiger partial charge in [0.1, 0.15) is 5.82 Å². The van der Waals surface area contributed by atoms with E-state index >= 15 is 0 Å². The Morgan fingerprint density at radius 3 is 2.67 bits per heavy atom. The molecule has 0 N–H and O–H groups in total. The Morgan fingerprint density at radius 1 is 1.43 bits per heavy atom. The van der Waals surface area contributed by atoms with E-state index in [1.54, 1.807) is 16.7 Å². The molecule has 0 bridgehead atoms. The van der Waals surface area contributed by atoms with Gasteiger partial charge in [-0.15, -0.1) is 10.2 Å². The number of Topliss-reactive ketones (excluding diaryl/α,β-unsaturated/α-hetero) is 1. The molecule has 0 atom stereocenters. The summed E-state index contributed by atoms with van der Waals surface area (Å²) in [5.41, 5.74) is 0.215. The third-order valence-corrected chi connectivity index (χ3v) is 4.11. The number of nitrogens with zero attached hydrogens (tertiary/aromatic N) is 4. The van der Waals surface area contributed by atoms with Crippen LogP contribution in [0.3, 0.4) is 0 Å². The van der Waals surface area contributed by atoms with Gasteiger partial charge in [0.25, 0.3) is 5.69 Å².